The SMILES string of the molecule is Cc1cc(N2CCN(C(=O)Cc3ccc(-c4csc(C)n4)cc3)CC2)n2ncnc2n1. The van der Waals surface area contributed by atoms with Crippen molar-refractivity contribution in [2.75, 3.05) is 31.1 Å². The highest BCUT2D eigenvalue weighted by molar-refractivity contribution is 7.09. The van der Waals surface area contributed by atoms with Crippen LogP contribution < -0.4 is 4.90 Å². The fourth-order valence-corrected chi connectivity index (χ4v) is 4.52. The van der Waals surface area contributed by atoms with Gasteiger partial charge >= 0.3 is 0 Å². The molecule has 0 atom stereocenters. The number of hydrogen-bond acceptors (Lipinski definition) is 7. The predicted octanol–water partition coefficient (Wildman–Crippen LogP) is 2.76. The van der Waals surface area contributed by atoms with Crippen LogP contribution in [0.1, 0.15) is 16.3 Å². The fraction of sp³-hybridized carbons (Fsp3) is 0.318. The van der Waals surface area contributed by atoms with Crippen molar-refractivity contribution in [2.45, 2.75) is 20.3 Å². The molecule has 0 N–H and O–H groups in total. The lowest BCUT2D eigenvalue weighted by Crippen LogP contribution is -2.49. The lowest BCUT2D eigenvalue weighted by Gasteiger charge is -2.36. The Kier molecular flexibility index (Phi) is 5.11. The monoisotopic (exact) mass is 433 g/mol. The van der Waals surface area contributed by atoms with Crippen LogP contribution in [0.2, 0.25) is 0 Å². The summed E-state index contributed by atoms with van der Waals surface area (Å²) in [6.07, 6.45) is 1.93. The van der Waals surface area contributed by atoms with Crippen molar-refractivity contribution in [1.29, 1.82) is 0 Å². The average molecular weight is 434 g/mol. The molecule has 0 aliphatic carbocycles. The van der Waals surface area contributed by atoms with Crippen molar-refractivity contribution in [1.82, 2.24) is 29.5 Å². The second kappa shape index (κ2) is 8.07. The average Bonchev–Trinajstić information content (AvgIpc) is 3.42. The predicted molar refractivity (Wildman–Crippen MR) is 120 cm³/mol. The molecule has 1 saturated heterocycles. The topological polar surface area (TPSA) is 79.5 Å². The van der Waals surface area contributed by atoms with Crippen LogP contribution in [-0.4, -0.2) is 61.6 Å². The van der Waals surface area contributed by atoms with Crippen LogP contribution in [0.15, 0.2) is 42.0 Å². The number of piperazine rings is 1. The third-order valence-electron chi connectivity index (χ3n) is 5.54. The molecule has 1 amide bonds. The minimum Gasteiger partial charge on any atom is -0.353 e. The summed E-state index contributed by atoms with van der Waals surface area (Å²) in [5.41, 5.74) is 4.01. The zero-order valence-electron chi connectivity index (χ0n) is 17.5. The molecule has 5 rings (SSSR count). The molecule has 0 radical (unpaired) electrons. The Hall–Kier alpha value is -3.33. The van der Waals surface area contributed by atoms with E-state index < -0.39 is 0 Å². The van der Waals surface area contributed by atoms with Gasteiger partial charge < -0.3 is 9.80 Å². The number of aromatic nitrogens is 5. The highest BCUT2D eigenvalue weighted by atomic mass is 32.1. The number of benzene rings is 1. The molecule has 9 heteroatoms. The molecule has 8 nitrogen and oxygen atoms in total. The first-order valence-corrected chi connectivity index (χ1v) is 11.2. The molecule has 0 saturated carbocycles. The highest BCUT2D eigenvalue weighted by Gasteiger charge is 2.23. The smallest absolute Gasteiger partial charge is 0.254 e. The van der Waals surface area contributed by atoms with E-state index in [4.69, 9.17) is 0 Å². The minimum absolute atomic E-state index is 0.161. The lowest BCUT2D eigenvalue weighted by molar-refractivity contribution is -0.130. The Morgan fingerprint density at radius 2 is 1.84 bits per heavy atom. The van der Waals surface area contributed by atoms with Gasteiger partial charge in [0.05, 0.1) is 17.1 Å². The number of aryl methyl sites for hydroxylation is 2. The summed E-state index contributed by atoms with van der Waals surface area (Å²) in [7, 11) is 0. The molecule has 158 valence electrons. The van der Waals surface area contributed by atoms with Gasteiger partial charge in [0.1, 0.15) is 12.1 Å². The molecule has 0 bridgehead atoms. The number of carbonyl (C=O) groups excluding carboxylic acids is 1. The van der Waals surface area contributed by atoms with Crippen LogP contribution in [0.3, 0.4) is 0 Å². The van der Waals surface area contributed by atoms with Crippen molar-refractivity contribution < 1.29 is 4.79 Å². The number of amides is 1. The molecule has 1 fully saturated rings. The van der Waals surface area contributed by atoms with Crippen molar-refractivity contribution in [2.24, 2.45) is 0 Å². The Morgan fingerprint density at radius 3 is 2.55 bits per heavy atom. The van der Waals surface area contributed by atoms with Gasteiger partial charge in [-0.15, -0.1) is 11.3 Å². The molecule has 4 aromatic rings. The summed E-state index contributed by atoms with van der Waals surface area (Å²) < 4.78 is 1.76. The van der Waals surface area contributed by atoms with Crippen LogP contribution in [-0.2, 0) is 11.2 Å². The Balaban J connectivity index is 1.21. The van der Waals surface area contributed by atoms with Gasteiger partial charge in [-0.05, 0) is 19.4 Å². The normalized spacial score (nSPS) is 14.4. The van der Waals surface area contributed by atoms with Gasteiger partial charge in [-0.3, -0.25) is 4.79 Å². The minimum atomic E-state index is 0.161. The largest absolute Gasteiger partial charge is 0.353 e. The molecule has 1 aromatic carbocycles. The summed E-state index contributed by atoms with van der Waals surface area (Å²) in [6, 6.07) is 10.2. The second-order valence-electron chi connectivity index (χ2n) is 7.72. The Bertz CT molecular complexity index is 1220. The summed E-state index contributed by atoms with van der Waals surface area (Å²) in [5, 5.41) is 7.41. The van der Waals surface area contributed by atoms with Crippen molar-refractivity contribution >= 4 is 28.8 Å². The van der Waals surface area contributed by atoms with E-state index in [1.165, 1.54) is 6.33 Å². The first kappa shape index (κ1) is 19.6. The molecule has 3 aromatic heterocycles. The van der Waals surface area contributed by atoms with Gasteiger partial charge in [0.15, 0.2) is 0 Å². The third kappa shape index (κ3) is 4.00. The molecule has 0 spiro atoms. The van der Waals surface area contributed by atoms with Crippen LogP contribution in [0, 0.1) is 13.8 Å². The van der Waals surface area contributed by atoms with Gasteiger partial charge in [-0.2, -0.15) is 14.6 Å². The maximum absolute atomic E-state index is 12.9. The van der Waals surface area contributed by atoms with Crippen LogP contribution in [0.5, 0.6) is 0 Å². The first-order valence-electron chi connectivity index (χ1n) is 10.3. The summed E-state index contributed by atoms with van der Waals surface area (Å²) >= 11 is 1.64. The number of thiazole rings is 1. The second-order valence-corrected chi connectivity index (χ2v) is 8.78. The summed E-state index contributed by atoms with van der Waals surface area (Å²) in [6.45, 7) is 6.85. The summed E-state index contributed by atoms with van der Waals surface area (Å²) in [5.74, 6) is 1.73. The van der Waals surface area contributed by atoms with Crippen molar-refractivity contribution in [3.8, 4) is 11.3 Å². The molecule has 31 heavy (non-hydrogen) atoms. The molecule has 1 aliphatic heterocycles. The van der Waals surface area contributed by atoms with Crippen LogP contribution in [0.25, 0.3) is 17.0 Å². The lowest BCUT2D eigenvalue weighted by atomic mass is 10.1. The zero-order valence-corrected chi connectivity index (χ0v) is 18.3. The summed E-state index contributed by atoms with van der Waals surface area (Å²) in [4.78, 5) is 30.2. The number of rotatable bonds is 4. The van der Waals surface area contributed by atoms with E-state index in [2.05, 4.69) is 30.3 Å². The van der Waals surface area contributed by atoms with Gasteiger partial charge in [0.2, 0.25) is 5.91 Å². The van der Waals surface area contributed by atoms with Crippen LogP contribution in [0.4, 0.5) is 5.82 Å². The van der Waals surface area contributed by atoms with E-state index in [0.29, 0.717) is 25.3 Å². The van der Waals surface area contributed by atoms with E-state index in [9.17, 15) is 4.79 Å². The number of hydrogen-bond donors (Lipinski definition) is 0. The molecule has 1 aliphatic rings. The number of anilines is 1. The molecule has 0 unspecified atom stereocenters. The maximum atomic E-state index is 12.9. The molecular formula is C22H23N7OS. The van der Waals surface area contributed by atoms with Gasteiger partial charge in [-0.25, -0.2) is 9.97 Å². The van der Waals surface area contributed by atoms with Crippen LogP contribution >= 0.6 is 11.3 Å². The fourth-order valence-electron chi connectivity index (χ4n) is 3.90. The highest BCUT2D eigenvalue weighted by Crippen LogP contribution is 2.22. The standard InChI is InChI=1S/C22H23N7OS/c1-15-11-20(29-22(25-15)23-14-24-29)27-7-9-28(10-8-27)21(30)12-17-3-5-18(6-4-17)19-13-31-16(2)26-19/h3-6,11,13-14H,7-10,12H2,1-2H3. The van der Waals surface area contributed by atoms with Gasteiger partial charge in [-0.1, -0.05) is 24.3 Å². The third-order valence-corrected chi connectivity index (χ3v) is 6.32. The van der Waals surface area contributed by atoms with E-state index in [1.54, 1.807) is 15.9 Å². The Morgan fingerprint density at radius 1 is 1.06 bits per heavy atom. The quantitative estimate of drug-likeness (QED) is 0.492. The Labute approximate surface area is 184 Å². The van der Waals surface area contributed by atoms with E-state index in [-0.39, 0.29) is 5.91 Å². The number of carbonyl (C=O) groups is 1. The first-order chi connectivity index (χ1) is 15.1. The zero-order chi connectivity index (χ0) is 21.4. The molecule has 4 heterocycles. The van der Waals surface area contributed by atoms with E-state index in [0.717, 1.165) is 46.4 Å². The number of nitrogens with zero attached hydrogens (tertiary/aromatic N) is 7. The van der Waals surface area contributed by atoms with Gasteiger partial charge in [0, 0.05) is 48.9 Å². The van der Waals surface area contributed by atoms with E-state index in [1.807, 2.05) is 49.1 Å². The number of fused-ring (bicyclic) bond motifs is 1. The molecular weight excluding hydrogens is 410 g/mol. The van der Waals surface area contributed by atoms with Crippen molar-refractivity contribution in [3.63, 3.8) is 0 Å². The van der Waals surface area contributed by atoms with Crippen molar-refractivity contribution in [3.05, 3.63) is 58.3 Å². The van der Waals surface area contributed by atoms with E-state index >= 15 is 0 Å². The maximum Gasteiger partial charge on any atom is 0.254 e. The van der Waals surface area contributed by atoms with Gasteiger partial charge in [0.25, 0.3) is 5.78 Å².